The number of nitrogens with zero attached hydrogens (tertiary/aromatic N) is 2. The van der Waals surface area contributed by atoms with Crippen LogP contribution in [-0.2, 0) is 4.79 Å². The molecule has 1 aromatic rings. The molecule has 0 aliphatic carbocycles. The molecule has 0 fully saturated rings. The molecule has 0 aliphatic rings. The van der Waals surface area contributed by atoms with Gasteiger partial charge < -0.3 is 10.5 Å². The van der Waals surface area contributed by atoms with Crippen molar-refractivity contribution < 1.29 is 9.53 Å². The molecule has 17 heavy (non-hydrogen) atoms. The number of carbonyl (C=O) groups excluding carboxylic acids is 1. The highest BCUT2D eigenvalue weighted by atomic mass is 16.5. The molecule has 0 bridgehead atoms. The van der Waals surface area contributed by atoms with Crippen LogP contribution in [0.5, 0.6) is 5.88 Å². The second-order valence-corrected chi connectivity index (χ2v) is 3.67. The van der Waals surface area contributed by atoms with Gasteiger partial charge in [-0.2, -0.15) is 4.98 Å². The summed E-state index contributed by atoms with van der Waals surface area (Å²) >= 11 is 0. The number of hydrogen-bond acceptors (Lipinski definition) is 5. The fourth-order valence-electron chi connectivity index (χ4n) is 1.32. The molecule has 0 atom stereocenters. The van der Waals surface area contributed by atoms with Crippen molar-refractivity contribution in [2.75, 3.05) is 19.0 Å². The van der Waals surface area contributed by atoms with Gasteiger partial charge >= 0.3 is 0 Å². The highest BCUT2D eigenvalue weighted by molar-refractivity contribution is 5.88. The third kappa shape index (κ3) is 4.78. The highest BCUT2D eigenvalue weighted by Crippen LogP contribution is 2.11. The van der Waals surface area contributed by atoms with E-state index in [1.165, 1.54) is 7.11 Å². The summed E-state index contributed by atoms with van der Waals surface area (Å²) < 4.78 is 5.00. The fraction of sp³-hybridized carbons (Fsp3) is 0.545. The number of carbonyl (C=O) groups is 1. The van der Waals surface area contributed by atoms with Gasteiger partial charge in [-0.25, -0.2) is 4.98 Å². The van der Waals surface area contributed by atoms with E-state index in [9.17, 15) is 4.79 Å². The fourth-order valence-corrected chi connectivity index (χ4v) is 1.32. The molecule has 6 heteroatoms. The molecule has 1 rings (SSSR count). The van der Waals surface area contributed by atoms with Crippen LogP contribution in [-0.4, -0.2) is 29.5 Å². The Balaban J connectivity index is 2.55. The lowest BCUT2D eigenvalue weighted by Gasteiger charge is -2.06. The molecule has 1 aromatic heterocycles. The van der Waals surface area contributed by atoms with Gasteiger partial charge in [-0.1, -0.05) is 0 Å². The van der Waals surface area contributed by atoms with E-state index in [1.54, 1.807) is 6.07 Å². The summed E-state index contributed by atoms with van der Waals surface area (Å²) in [4.78, 5) is 19.7. The summed E-state index contributed by atoms with van der Waals surface area (Å²) in [5, 5.41) is 2.63. The van der Waals surface area contributed by atoms with Gasteiger partial charge in [0.2, 0.25) is 17.7 Å². The number of rotatable bonds is 6. The Morgan fingerprint density at radius 2 is 2.24 bits per heavy atom. The summed E-state index contributed by atoms with van der Waals surface area (Å²) in [6, 6.07) is 1.70. The van der Waals surface area contributed by atoms with Crippen molar-refractivity contribution in [3.8, 4) is 5.88 Å². The number of methoxy groups -OCH3 is 1. The largest absolute Gasteiger partial charge is 0.481 e. The van der Waals surface area contributed by atoms with Gasteiger partial charge in [0.1, 0.15) is 0 Å². The average molecular weight is 238 g/mol. The van der Waals surface area contributed by atoms with Crippen molar-refractivity contribution in [1.82, 2.24) is 9.97 Å². The molecular weight excluding hydrogens is 220 g/mol. The van der Waals surface area contributed by atoms with Gasteiger partial charge in [-0.3, -0.25) is 10.1 Å². The van der Waals surface area contributed by atoms with Crippen LogP contribution in [0.2, 0.25) is 0 Å². The lowest BCUT2D eigenvalue weighted by molar-refractivity contribution is -0.116. The Morgan fingerprint density at radius 3 is 2.88 bits per heavy atom. The van der Waals surface area contributed by atoms with E-state index < -0.39 is 0 Å². The van der Waals surface area contributed by atoms with Crippen LogP contribution in [0.15, 0.2) is 6.07 Å². The molecule has 0 saturated heterocycles. The number of aryl methyl sites for hydroxylation is 1. The van der Waals surface area contributed by atoms with Crippen molar-refractivity contribution in [2.24, 2.45) is 5.73 Å². The van der Waals surface area contributed by atoms with Crippen molar-refractivity contribution >= 4 is 11.9 Å². The summed E-state index contributed by atoms with van der Waals surface area (Å²) in [7, 11) is 1.52. The van der Waals surface area contributed by atoms with Crippen LogP contribution < -0.4 is 15.8 Å². The SMILES string of the molecule is COc1cc(C)nc(NC(=O)CCCCN)n1. The molecule has 0 aliphatic heterocycles. The van der Waals surface area contributed by atoms with Gasteiger partial charge in [0.05, 0.1) is 7.11 Å². The number of anilines is 1. The molecular formula is C11H18N4O2. The van der Waals surface area contributed by atoms with E-state index >= 15 is 0 Å². The zero-order valence-corrected chi connectivity index (χ0v) is 10.2. The van der Waals surface area contributed by atoms with Crippen LogP contribution in [0.25, 0.3) is 0 Å². The maximum Gasteiger partial charge on any atom is 0.232 e. The lowest BCUT2D eigenvalue weighted by atomic mass is 10.2. The zero-order chi connectivity index (χ0) is 12.7. The molecule has 6 nitrogen and oxygen atoms in total. The molecule has 1 amide bonds. The molecule has 0 radical (unpaired) electrons. The minimum atomic E-state index is -0.105. The first-order valence-electron chi connectivity index (χ1n) is 5.55. The zero-order valence-electron chi connectivity index (χ0n) is 10.2. The second kappa shape index (κ2) is 6.80. The lowest BCUT2D eigenvalue weighted by Crippen LogP contribution is -2.14. The molecule has 94 valence electrons. The van der Waals surface area contributed by atoms with Crippen LogP contribution in [0.1, 0.15) is 25.0 Å². The van der Waals surface area contributed by atoms with E-state index in [1.807, 2.05) is 6.92 Å². The first-order valence-corrected chi connectivity index (χ1v) is 5.55. The summed E-state index contributed by atoms with van der Waals surface area (Å²) in [5.41, 5.74) is 6.10. The molecule has 0 spiro atoms. The number of nitrogens with two attached hydrogens (primary N) is 1. The monoisotopic (exact) mass is 238 g/mol. The predicted octanol–water partition coefficient (Wildman–Crippen LogP) is 0.861. The number of unbranched alkanes of at least 4 members (excludes halogenated alkanes) is 1. The normalized spacial score (nSPS) is 10.1. The Morgan fingerprint density at radius 1 is 1.47 bits per heavy atom. The third-order valence-electron chi connectivity index (χ3n) is 2.15. The van der Waals surface area contributed by atoms with Crippen LogP contribution >= 0.6 is 0 Å². The highest BCUT2D eigenvalue weighted by Gasteiger charge is 2.06. The maximum absolute atomic E-state index is 11.5. The third-order valence-corrected chi connectivity index (χ3v) is 2.15. The van der Waals surface area contributed by atoms with Gasteiger partial charge in [-0.15, -0.1) is 0 Å². The van der Waals surface area contributed by atoms with E-state index in [4.69, 9.17) is 10.5 Å². The van der Waals surface area contributed by atoms with E-state index in [0.29, 0.717) is 18.8 Å². The predicted molar refractivity (Wildman–Crippen MR) is 64.9 cm³/mol. The van der Waals surface area contributed by atoms with Crippen molar-refractivity contribution in [3.63, 3.8) is 0 Å². The van der Waals surface area contributed by atoms with E-state index in [0.717, 1.165) is 18.5 Å². The summed E-state index contributed by atoms with van der Waals surface area (Å²) in [6.07, 6.45) is 2.04. The standard InChI is InChI=1S/C11H18N4O2/c1-8-7-10(17-2)15-11(13-8)14-9(16)5-3-4-6-12/h7H,3-6,12H2,1-2H3,(H,13,14,15,16). The summed E-state index contributed by atoms with van der Waals surface area (Å²) in [6.45, 7) is 2.41. The van der Waals surface area contributed by atoms with Gasteiger partial charge in [0, 0.05) is 18.2 Å². The van der Waals surface area contributed by atoms with Crippen LogP contribution in [0.4, 0.5) is 5.95 Å². The van der Waals surface area contributed by atoms with Crippen LogP contribution in [0.3, 0.4) is 0 Å². The Bertz CT molecular complexity index is 382. The topological polar surface area (TPSA) is 90.1 Å². The number of nitrogens with one attached hydrogen (secondary N) is 1. The maximum atomic E-state index is 11.5. The minimum Gasteiger partial charge on any atom is -0.481 e. The quantitative estimate of drug-likeness (QED) is 0.717. The Kier molecular flexibility index (Phi) is 5.35. The number of hydrogen-bond donors (Lipinski definition) is 2. The van der Waals surface area contributed by atoms with Gasteiger partial charge in [0.15, 0.2) is 0 Å². The number of aromatic nitrogens is 2. The van der Waals surface area contributed by atoms with Crippen LogP contribution in [0, 0.1) is 6.92 Å². The minimum absolute atomic E-state index is 0.105. The molecule has 0 saturated carbocycles. The first kappa shape index (κ1) is 13.4. The molecule has 0 aromatic carbocycles. The van der Waals surface area contributed by atoms with Gasteiger partial charge in [-0.05, 0) is 26.3 Å². The van der Waals surface area contributed by atoms with Crippen molar-refractivity contribution in [2.45, 2.75) is 26.2 Å². The average Bonchev–Trinajstić information content (AvgIpc) is 2.28. The van der Waals surface area contributed by atoms with Gasteiger partial charge in [0.25, 0.3) is 0 Å². The van der Waals surface area contributed by atoms with E-state index in [2.05, 4.69) is 15.3 Å². The first-order chi connectivity index (χ1) is 8.15. The van der Waals surface area contributed by atoms with E-state index in [-0.39, 0.29) is 11.9 Å². The Hall–Kier alpha value is -1.69. The second-order valence-electron chi connectivity index (χ2n) is 3.67. The number of amides is 1. The number of ether oxygens (including phenoxy) is 1. The molecule has 3 N–H and O–H groups in total. The van der Waals surface area contributed by atoms with Crippen molar-refractivity contribution in [3.05, 3.63) is 11.8 Å². The Labute approximate surface area is 101 Å². The molecule has 0 unspecified atom stereocenters. The molecule has 1 heterocycles. The summed E-state index contributed by atoms with van der Waals surface area (Å²) in [5.74, 6) is 0.612. The smallest absolute Gasteiger partial charge is 0.232 e. The van der Waals surface area contributed by atoms with Crippen molar-refractivity contribution in [1.29, 1.82) is 0 Å².